The summed E-state index contributed by atoms with van der Waals surface area (Å²) in [6.45, 7) is 1.39. The third-order valence-electron chi connectivity index (χ3n) is 4.87. The number of ether oxygens (including phenoxy) is 1. The normalized spacial score (nSPS) is 17.9. The number of nitrogen functional groups attached to an aromatic ring is 1. The van der Waals surface area contributed by atoms with Gasteiger partial charge >= 0.3 is 0 Å². The van der Waals surface area contributed by atoms with Gasteiger partial charge in [0.1, 0.15) is 23.4 Å². The summed E-state index contributed by atoms with van der Waals surface area (Å²) < 4.78 is 5.54. The summed E-state index contributed by atoms with van der Waals surface area (Å²) in [5.41, 5.74) is 7.32. The zero-order valence-corrected chi connectivity index (χ0v) is 16.1. The smallest absolute Gasteiger partial charge is 0.269 e. The maximum atomic E-state index is 12.7. The van der Waals surface area contributed by atoms with Crippen LogP contribution in [0.2, 0.25) is 0 Å². The topological polar surface area (TPSA) is 121 Å². The number of amides is 2. The Morgan fingerprint density at radius 2 is 2.25 bits per heavy atom. The largest absolute Gasteiger partial charge is 0.477 e. The molecule has 3 heterocycles. The van der Waals surface area contributed by atoms with Crippen molar-refractivity contribution >= 4 is 39.8 Å². The Labute approximate surface area is 165 Å². The van der Waals surface area contributed by atoms with Crippen LogP contribution in [0.15, 0.2) is 12.1 Å². The summed E-state index contributed by atoms with van der Waals surface area (Å²) in [6.07, 6.45) is 3.21. The molecule has 1 unspecified atom stereocenters. The van der Waals surface area contributed by atoms with Crippen LogP contribution in [0.3, 0.4) is 0 Å². The van der Waals surface area contributed by atoms with Crippen LogP contribution in [0.1, 0.15) is 35.8 Å². The summed E-state index contributed by atoms with van der Waals surface area (Å²) in [4.78, 5) is 31.8. The third kappa shape index (κ3) is 3.16. The van der Waals surface area contributed by atoms with E-state index in [1.54, 1.807) is 19.1 Å². The number of aromatic nitrogens is 1. The first-order valence-electron chi connectivity index (χ1n) is 9.07. The van der Waals surface area contributed by atoms with Crippen molar-refractivity contribution in [1.29, 1.82) is 5.26 Å². The van der Waals surface area contributed by atoms with Gasteiger partial charge < -0.3 is 15.8 Å². The molecular formula is C19H19N5O3S. The van der Waals surface area contributed by atoms with Gasteiger partial charge in [-0.2, -0.15) is 5.26 Å². The zero-order chi connectivity index (χ0) is 19.8. The summed E-state index contributed by atoms with van der Waals surface area (Å²) in [5, 5.41) is 12.9. The van der Waals surface area contributed by atoms with Gasteiger partial charge in [0.15, 0.2) is 17.7 Å². The second-order valence-corrected chi connectivity index (χ2v) is 7.92. The van der Waals surface area contributed by atoms with Crippen LogP contribution in [0.4, 0.5) is 16.6 Å². The van der Waals surface area contributed by atoms with Crippen LogP contribution in [0, 0.1) is 11.3 Å². The minimum atomic E-state index is -0.727. The molecule has 3 N–H and O–H groups in total. The van der Waals surface area contributed by atoms with Crippen molar-refractivity contribution in [2.24, 2.45) is 0 Å². The van der Waals surface area contributed by atoms with E-state index in [9.17, 15) is 14.9 Å². The molecule has 8 nitrogen and oxygen atoms in total. The van der Waals surface area contributed by atoms with E-state index < -0.39 is 12.0 Å². The van der Waals surface area contributed by atoms with Gasteiger partial charge in [-0.3, -0.25) is 14.5 Å². The van der Waals surface area contributed by atoms with Crippen LogP contribution in [-0.4, -0.2) is 29.4 Å². The van der Waals surface area contributed by atoms with Crippen molar-refractivity contribution in [3.63, 3.8) is 0 Å². The Hall–Kier alpha value is -3.12. The Morgan fingerprint density at radius 1 is 1.46 bits per heavy atom. The lowest BCUT2D eigenvalue weighted by molar-refractivity contribution is -0.127. The van der Waals surface area contributed by atoms with Crippen LogP contribution < -0.4 is 20.7 Å². The lowest BCUT2D eigenvalue weighted by Crippen LogP contribution is -2.48. The van der Waals surface area contributed by atoms with Gasteiger partial charge in [-0.05, 0) is 50.3 Å². The fraction of sp³-hybridized carbons (Fsp3) is 0.368. The van der Waals surface area contributed by atoms with Crippen LogP contribution in [0.25, 0.3) is 0 Å². The Kier molecular flexibility index (Phi) is 4.65. The predicted octanol–water partition coefficient (Wildman–Crippen LogP) is 2.23. The molecule has 9 heteroatoms. The standard InChI is InChI=1S/C19H19N5O3S/c1-10-19(26)24(17-13(27-10)6-7-15(21)22-17)9-16(25)23-18-12(8-20)11-4-2-3-5-14(11)28-18/h6-7,10H,2-5,9H2,1H3,(H2,21,22)(H,23,25). The molecular weight excluding hydrogens is 378 g/mol. The molecule has 144 valence electrons. The average molecular weight is 397 g/mol. The molecule has 0 saturated heterocycles. The second-order valence-electron chi connectivity index (χ2n) is 6.82. The maximum absolute atomic E-state index is 12.7. The number of nitriles is 1. The Balaban J connectivity index is 1.58. The first kappa shape index (κ1) is 18.3. The Morgan fingerprint density at radius 3 is 3.04 bits per heavy atom. The first-order chi connectivity index (χ1) is 13.5. The molecule has 2 amide bonds. The summed E-state index contributed by atoms with van der Waals surface area (Å²) in [7, 11) is 0. The minimum absolute atomic E-state index is 0.226. The van der Waals surface area contributed by atoms with Gasteiger partial charge in [0.05, 0.1) is 5.56 Å². The van der Waals surface area contributed by atoms with Crippen LogP contribution in [0.5, 0.6) is 5.75 Å². The van der Waals surface area contributed by atoms with Gasteiger partial charge in [-0.1, -0.05) is 0 Å². The number of nitrogens with one attached hydrogen (secondary N) is 1. The molecule has 1 aliphatic carbocycles. The molecule has 2 aliphatic rings. The molecule has 0 spiro atoms. The molecule has 1 aliphatic heterocycles. The van der Waals surface area contributed by atoms with Gasteiger partial charge in [0.2, 0.25) is 5.91 Å². The van der Waals surface area contributed by atoms with E-state index in [-0.39, 0.29) is 24.1 Å². The summed E-state index contributed by atoms with van der Waals surface area (Å²) in [6, 6.07) is 5.43. The van der Waals surface area contributed by atoms with Crippen molar-refractivity contribution in [3.8, 4) is 11.8 Å². The summed E-state index contributed by atoms with van der Waals surface area (Å²) in [5.74, 6) is 0.0925. The van der Waals surface area contributed by atoms with Crippen molar-refractivity contribution in [2.45, 2.75) is 38.7 Å². The van der Waals surface area contributed by atoms with E-state index >= 15 is 0 Å². The van der Waals surface area contributed by atoms with Crippen LogP contribution >= 0.6 is 11.3 Å². The number of thiophene rings is 1. The highest BCUT2D eigenvalue weighted by Gasteiger charge is 2.34. The predicted molar refractivity (Wildman–Crippen MR) is 105 cm³/mol. The van der Waals surface area contributed by atoms with E-state index in [0.717, 1.165) is 36.1 Å². The van der Waals surface area contributed by atoms with Gasteiger partial charge in [0.25, 0.3) is 5.91 Å². The van der Waals surface area contributed by atoms with Gasteiger partial charge in [-0.25, -0.2) is 4.98 Å². The van der Waals surface area contributed by atoms with Crippen molar-refractivity contribution in [2.75, 3.05) is 22.5 Å². The van der Waals surface area contributed by atoms with Crippen molar-refractivity contribution in [1.82, 2.24) is 4.98 Å². The number of anilines is 3. The molecule has 1 atom stereocenters. The molecule has 0 fully saturated rings. The molecule has 0 radical (unpaired) electrons. The number of carbonyl (C=O) groups is 2. The molecule has 0 aromatic carbocycles. The van der Waals surface area contributed by atoms with Gasteiger partial charge in [0, 0.05) is 4.88 Å². The van der Waals surface area contributed by atoms with E-state index in [1.807, 2.05) is 0 Å². The highest BCUT2D eigenvalue weighted by atomic mass is 32.1. The zero-order valence-electron chi connectivity index (χ0n) is 15.3. The van der Waals surface area contributed by atoms with Crippen molar-refractivity contribution in [3.05, 3.63) is 28.1 Å². The van der Waals surface area contributed by atoms with Crippen LogP contribution in [-0.2, 0) is 22.4 Å². The number of aryl methyl sites for hydroxylation is 1. The third-order valence-corrected chi connectivity index (χ3v) is 6.08. The molecule has 28 heavy (non-hydrogen) atoms. The number of rotatable bonds is 3. The van der Waals surface area contributed by atoms with E-state index in [0.29, 0.717) is 16.3 Å². The van der Waals surface area contributed by atoms with Crippen molar-refractivity contribution < 1.29 is 14.3 Å². The average Bonchev–Trinajstić information content (AvgIpc) is 3.02. The molecule has 4 rings (SSSR count). The highest BCUT2D eigenvalue weighted by Crippen LogP contribution is 2.38. The fourth-order valence-electron chi connectivity index (χ4n) is 3.54. The molecule has 2 aromatic rings. The molecule has 2 aromatic heterocycles. The maximum Gasteiger partial charge on any atom is 0.269 e. The second kappa shape index (κ2) is 7.13. The minimum Gasteiger partial charge on any atom is -0.477 e. The lowest BCUT2D eigenvalue weighted by Gasteiger charge is -2.31. The van der Waals surface area contributed by atoms with E-state index in [4.69, 9.17) is 10.5 Å². The molecule has 0 saturated carbocycles. The quantitative estimate of drug-likeness (QED) is 0.819. The van der Waals surface area contributed by atoms with E-state index in [1.165, 1.54) is 16.2 Å². The highest BCUT2D eigenvalue weighted by molar-refractivity contribution is 7.16. The number of carbonyl (C=O) groups excluding carboxylic acids is 2. The fourth-order valence-corrected chi connectivity index (χ4v) is 4.79. The number of nitrogens with zero attached hydrogens (tertiary/aromatic N) is 3. The molecule has 0 bridgehead atoms. The van der Waals surface area contributed by atoms with Gasteiger partial charge in [-0.15, -0.1) is 11.3 Å². The summed E-state index contributed by atoms with van der Waals surface area (Å²) >= 11 is 1.45. The lowest BCUT2D eigenvalue weighted by atomic mass is 9.96. The van der Waals surface area contributed by atoms with E-state index in [2.05, 4.69) is 16.4 Å². The number of pyridine rings is 1. The number of fused-ring (bicyclic) bond motifs is 2. The Bertz CT molecular complexity index is 1010. The first-order valence-corrected chi connectivity index (χ1v) is 9.88. The SMILES string of the molecule is CC1Oc2ccc(N)nc2N(CC(=O)Nc2sc3c(c2C#N)CCCC3)C1=O. The number of hydrogen-bond acceptors (Lipinski definition) is 7. The number of nitrogens with two attached hydrogens (primary N) is 1. The number of hydrogen-bond donors (Lipinski definition) is 2. The monoisotopic (exact) mass is 397 g/mol.